The van der Waals surface area contributed by atoms with Gasteiger partial charge in [0.1, 0.15) is 11.8 Å². The topological polar surface area (TPSA) is 142 Å². The summed E-state index contributed by atoms with van der Waals surface area (Å²) in [6.07, 6.45) is 5.45. The van der Waals surface area contributed by atoms with E-state index < -0.39 is 0 Å². The summed E-state index contributed by atoms with van der Waals surface area (Å²) >= 11 is 0. The van der Waals surface area contributed by atoms with Gasteiger partial charge in [-0.25, -0.2) is 4.98 Å². The lowest BCUT2D eigenvalue weighted by Gasteiger charge is -2.28. The number of rotatable bonds is 5. The Hall–Kier alpha value is -3.25. The first-order chi connectivity index (χ1) is 13.1. The molecule has 1 aliphatic carbocycles. The second kappa shape index (κ2) is 8.42. The standard InChI is InChI=1S/C18H22N8O/c1-21-18(27)17-15(23-12-4-2-3-11(20)7-12)8-16(25-26-17)24-14-6-5-13(9-19)22-10-14/h5-6,8,10-12H,2-4,7,20H2,1H3,(H,21,27)(H2,23,24,25). The van der Waals surface area contributed by atoms with E-state index in [1.807, 2.05) is 6.07 Å². The van der Waals surface area contributed by atoms with Gasteiger partial charge in [-0.2, -0.15) is 5.26 Å². The average molecular weight is 366 g/mol. The summed E-state index contributed by atoms with van der Waals surface area (Å²) in [5, 5.41) is 26.0. The molecule has 0 radical (unpaired) electrons. The summed E-state index contributed by atoms with van der Waals surface area (Å²) in [7, 11) is 1.55. The molecule has 0 saturated heterocycles. The van der Waals surface area contributed by atoms with Crippen LogP contribution in [-0.4, -0.2) is 40.2 Å². The fourth-order valence-corrected chi connectivity index (χ4v) is 3.11. The maximum absolute atomic E-state index is 12.1. The van der Waals surface area contributed by atoms with Crippen LogP contribution in [0, 0.1) is 11.3 Å². The lowest BCUT2D eigenvalue weighted by Crippen LogP contribution is -2.35. The number of nitrogens with one attached hydrogen (secondary N) is 3. The summed E-state index contributed by atoms with van der Waals surface area (Å²) in [6.45, 7) is 0. The Morgan fingerprint density at radius 3 is 2.85 bits per heavy atom. The van der Waals surface area contributed by atoms with E-state index in [2.05, 4.69) is 31.1 Å². The fraction of sp³-hybridized carbons (Fsp3) is 0.389. The average Bonchev–Trinajstić information content (AvgIpc) is 2.68. The van der Waals surface area contributed by atoms with Crippen LogP contribution in [0.15, 0.2) is 24.4 Å². The summed E-state index contributed by atoms with van der Waals surface area (Å²) in [5.41, 5.74) is 7.91. The zero-order valence-corrected chi connectivity index (χ0v) is 15.1. The number of aromatic nitrogens is 3. The van der Waals surface area contributed by atoms with E-state index in [-0.39, 0.29) is 23.7 Å². The molecule has 0 aliphatic heterocycles. The molecular weight excluding hydrogens is 344 g/mol. The first kappa shape index (κ1) is 18.5. The van der Waals surface area contributed by atoms with Gasteiger partial charge in [-0.3, -0.25) is 4.79 Å². The second-order valence-electron chi connectivity index (χ2n) is 6.51. The van der Waals surface area contributed by atoms with E-state index in [1.54, 1.807) is 31.4 Å². The molecule has 0 aromatic carbocycles. The van der Waals surface area contributed by atoms with Gasteiger partial charge < -0.3 is 21.7 Å². The van der Waals surface area contributed by atoms with Crippen LogP contribution in [0.2, 0.25) is 0 Å². The van der Waals surface area contributed by atoms with Crippen LogP contribution >= 0.6 is 0 Å². The predicted molar refractivity (Wildman–Crippen MR) is 102 cm³/mol. The van der Waals surface area contributed by atoms with Gasteiger partial charge in [0.15, 0.2) is 11.5 Å². The van der Waals surface area contributed by atoms with Gasteiger partial charge in [0.05, 0.1) is 17.6 Å². The molecule has 0 bridgehead atoms. The molecule has 140 valence electrons. The molecule has 2 unspecified atom stereocenters. The highest BCUT2D eigenvalue weighted by molar-refractivity contribution is 5.97. The molecule has 27 heavy (non-hydrogen) atoms. The van der Waals surface area contributed by atoms with Crippen molar-refractivity contribution in [3.05, 3.63) is 35.8 Å². The third kappa shape index (κ3) is 4.68. The summed E-state index contributed by atoms with van der Waals surface area (Å²) in [4.78, 5) is 16.2. The molecule has 9 nitrogen and oxygen atoms in total. The van der Waals surface area contributed by atoms with E-state index in [0.29, 0.717) is 22.9 Å². The lowest BCUT2D eigenvalue weighted by atomic mass is 9.91. The summed E-state index contributed by atoms with van der Waals surface area (Å²) in [5.74, 6) is 0.161. The zero-order valence-electron chi connectivity index (χ0n) is 15.1. The number of amides is 1. The number of nitriles is 1. The molecule has 1 aliphatic rings. The summed E-state index contributed by atoms with van der Waals surface area (Å²) < 4.78 is 0. The highest BCUT2D eigenvalue weighted by Crippen LogP contribution is 2.25. The van der Waals surface area contributed by atoms with Crippen LogP contribution in [0.5, 0.6) is 0 Å². The molecule has 2 atom stereocenters. The third-order valence-electron chi connectivity index (χ3n) is 4.46. The van der Waals surface area contributed by atoms with Gasteiger partial charge in [-0.05, 0) is 37.8 Å². The molecule has 5 N–H and O–H groups in total. The minimum atomic E-state index is -0.309. The lowest BCUT2D eigenvalue weighted by molar-refractivity contribution is 0.0958. The van der Waals surface area contributed by atoms with Crippen molar-refractivity contribution < 1.29 is 4.79 Å². The van der Waals surface area contributed by atoms with Crippen molar-refractivity contribution in [1.82, 2.24) is 20.5 Å². The van der Waals surface area contributed by atoms with Crippen LogP contribution in [0.25, 0.3) is 0 Å². The number of carbonyl (C=O) groups is 1. The second-order valence-corrected chi connectivity index (χ2v) is 6.51. The van der Waals surface area contributed by atoms with Crippen LogP contribution < -0.4 is 21.7 Å². The van der Waals surface area contributed by atoms with Crippen molar-refractivity contribution in [3.8, 4) is 6.07 Å². The monoisotopic (exact) mass is 366 g/mol. The Labute approximate surface area is 157 Å². The van der Waals surface area contributed by atoms with E-state index >= 15 is 0 Å². The van der Waals surface area contributed by atoms with Gasteiger partial charge in [0.25, 0.3) is 5.91 Å². The zero-order chi connectivity index (χ0) is 19.2. The molecule has 1 amide bonds. The van der Waals surface area contributed by atoms with Gasteiger partial charge in [-0.15, -0.1) is 10.2 Å². The molecule has 2 aromatic rings. The number of hydrogen-bond donors (Lipinski definition) is 4. The Balaban J connectivity index is 1.83. The van der Waals surface area contributed by atoms with Crippen LogP contribution in [-0.2, 0) is 0 Å². The van der Waals surface area contributed by atoms with Crippen molar-refractivity contribution >= 4 is 23.1 Å². The highest BCUT2D eigenvalue weighted by Gasteiger charge is 2.22. The minimum absolute atomic E-state index is 0.164. The van der Waals surface area contributed by atoms with E-state index in [9.17, 15) is 4.79 Å². The first-order valence-electron chi connectivity index (χ1n) is 8.84. The molecular formula is C18H22N8O. The Kier molecular flexibility index (Phi) is 5.78. The molecule has 1 fully saturated rings. The van der Waals surface area contributed by atoms with Crippen LogP contribution in [0.3, 0.4) is 0 Å². The van der Waals surface area contributed by atoms with Crippen LogP contribution in [0.1, 0.15) is 41.9 Å². The maximum Gasteiger partial charge on any atom is 0.273 e. The molecule has 2 aromatic heterocycles. The largest absolute Gasteiger partial charge is 0.380 e. The van der Waals surface area contributed by atoms with Crippen molar-refractivity contribution in [2.24, 2.45) is 5.73 Å². The predicted octanol–water partition coefficient (Wildman–Crippen LogP) is 1.53. The Morgan fingerprint density at radius 1 is 1.33 bits per heavy atom. The normalized spacial score (nSPS) is 19.0. The Morgan fingerprint density at radius 2 is 2.19 bits per heavy atom. The molecule has 2 heterocycles. The number of carbonyl (C=O) groups excluding carboxylic acids is 1. The Bertz CT molecular complexity index is 845. The number of nitrogens with two attached hydrogens (primary N) is 1. The van der Waals surface area contributed by atoms with Gasteiger partial charge in [0, 0.05) is 25.2 Å². The first-order valence-corrected chi connectivity index (χ1v) is 8.84. The van der Waals surface area contributed by atoms with Crippen molar-refractivity contribution in [3.63, 3.8) is 0 Å². The molecule has 1 saturated carbocycles. The summed E-state index contributed by atoms with van der Waals surface area (Å²) in [6, 6.07) is 7.40. The quantitative estimate of drug-likeness (QED) is 0.624. The number of pyridine rings is 1. The number of nitrogens with zero attached hydrogens (tertiary/aromatic N) is 4. The third-order valence-corrected chi connectivity index (χ3v) is 4.46. The molecule has 0 spiro atoms. The highest BCUT2D eigenvalue weighted by atomic mass is 16.1. The number of hydrogen-bond acceptors (Lipinski definition) is 8. The number of anilines is 3. The van der Waals surface area contributed by atoms with E-state index in [4.69, 9.17) is 11.0 Å². The van der Waals surface area contributed by atoms with Gasteiger partial charge >= 0.3 is 0 Å². The molecule has 9 heteroatoms. The van der Waals surface area contributed by atoms with Gasteiger partial charge in [0.2, 0.25) is 0 Å². The van der Waals surface area contributed by atoms with Gasteiger partial charge in [-0.1, -0.05) is 0 Å². The van der Waals surface area contributed by atoms with Crippen molar-refractivity contribution in [1.29, 1.82) is 5.26 Å². The molecule has 3 rings (SSSR count). The van der Waals surface area contributed by atoms with E-state index in [0.717, 1.165) is 25.7 Å². The van der Waals surface area contributed by atoms with Crippen molar-refractivity contribution in [2.45, 2.75) is 37.8 Å². The maximum atomic E-state index is 12.1. The SMILES string of the molecule is CNC(=O)c1nnc(Nc2ccc(C#N)nc2)cc1NC1CCCC(N)C1. The van der Waals surface area contributed by atoms with Crippen LogP contribution in [0.4, 0.5) is 17.2 Å². The fourth-order valence-electron chi connectivity index (χ4n) is 3.11. The van der Waals surface area contributed by atoms with Crippen molar-refractivity contribution in [2.75, 3.05) is 17.7 Å². The van der Waals surface area contributed by atoms with E-state index in [1.165, 1.54) is 0 Å². The minimum Gasteiger partial charge on any atom is -0.380 e. The smallest absolute Gasteiger partial charge is 0.273 e.